The van der Waals surface area contributed by atoms with Crippen molar-refractivity contribution in [3.8, 4) is 5.69 Å². The number of nitrogens with zero attached hydrogens (tertiary/aromatic N) is 5. The molecule has 0 aliphatic carbocycles. The highest BCUT2D eigenvalue weighted by Crippen LogP contribution is 2.38. The van der Waals surface area contributed by atoms with Crippen molar-refractivity contribution >= 4 is 28.2 Å². The third kappa shape index (κ3) is 4.57. The van der Waals surface area contributed by atoms with Gasteiger partial charge in [-0.2, -0.15) is 14.9 Å². The summed E-state index contributed by atoms with van der Waals surface area (Å²) < 4.78 is 31.1. The third-order valence-corrected chi connectivity index (χ3v) is 6.46. The van der Waals surface area contributed by atoms with Crippen molar-refractivity contribution in [2.24, 2.45) is 5.73 Å². The lowest BCUT2D eigenvalue weighted by Gasteiger charge is -2.25. The molecule has 3 heterocycles. The summed E-state index contributed by atoms with van der Waals surface area (Å²) in [4.78, 5) is 27.8. The molecule has 1 aliphatic heterocycles. The molecule has 5 rings (SSSR count). The monoisotopic (exact) mass is 507 g/mol. The largest absolute Gasteiger partial charge is 0.367 e. The number of hydrogen-bond donors (Lipinski definition) is 2. The summed E-state index contributed by atoms with van der Waals surface area (Å²) in [5, 5.41) is 12.3. The standard InChI is InChI=1S/C26H27F2N7O2/c1-15(2)34-13-16-19(31-34)7-8-20(23(16)33-12-11-26(3,29)14-33)30-25(37)21-9-10-22(36)35(32-21)24-17(27)5-4-6-18(24)28/h4-10,13,15H,11-12,14,29H2,1-3H3,(H,30,37). The number of rotatable bonds is 5. The predicted octanol–water partition coefficient (Wildman–Crippen LogP) is 3.62. The van der Waals surface area contributed by atoms with Crippen molar-refractivity contribution in [3.63, 3.8) is 0 Å². The first-order chi connectivity index (χ1) is 17.5. The molecule has 0 radical (unpaired) electrons. The number of halogens is 2. The number of carbonyl (C=O) groups excluding carboxylic acids is 1. The van der Waals surface area contributed by atoms with Crippen molar-refractivity contribution in [3.05, 3.63) is 76.3 Å². The van der Waals surface area contributed by atoms with E-state index < -0.39 is 34.3 Å². The molecule has 192 valence electrons. The fraction of sp³-hybridized carbons (Fsp3) is 0.308. The Balaban J connectivity index is 1.56. The number of anilines is 2. The Kier molecular flexibility index (Phi) is 6.03. The quantitative estimate of drug-likeness (QED) is 0.427. The van der Waals surface area contributed by atoms with Crippen LogP contribution in [-0.4, -0.2) is 44.1 Å². The predicted molar refractivity (Wildman–Crippen MR) is 137 cm³/mol. The molecule has 1 unspecified atom stereocenters. The zero-order valence-electron chi connectivity index (χ0n) is 20.7. The van der Waals surface area contributed by atoms with Gasteiger partial charge >= 0.3 is 0 Å². The van der Waals surface area contributed by atoms with E-state index in [0.29, 0.717) is 23.5 Å². The Morgan fingerprint density at radius 2 is 1.81 bits per heavy atom. The lowest BCUT2D eigenvalue weighted by Crippen LogP contribution is -2.39. The molecule has 1 fully saturated rings. The number of para-hydroxylation sites is 1. The van der Waals surface area contributed by atoms with Crippen LogP contribution in [0.2, 0.25) is 0 Å². The number of nitrogens with one attached hydrogen (secondary N) is 1. The first-order valence-corrected chi connectivity index (χ1v) is 12.0. The van der Waals surface area contributed by atoms with Gasteiger partial charge in [0.2, 0.25) is 0 Å². The van der Waals surface area contributed by atoms with Crippen molar-refractivity contribution in [1.29, 1.82) is 0 Å². The summed E-state index contributed by atoms with van der Waals surface area (Å²) in [5.41, 5.74) is 6.46. The molecule has 1 amide bonds. The van der Waals surface area contributed by atoms with E-state index in [1.54, 1.807) is 6.07 Å². The van der Waals surface area contributed by atoms with E-state index in [4.69, 9.17) is 5.73 Å². The number of amides is 1. The highest BCUT2D eigenvalue weighted by Gasteiger charge is 2.32. The Bertz CT molecular complexity index is 1550. The molecule has 1 saturated heterocycles. The molecule has 0 spiro atoms. The second kappa shape index (κ2) is 9.07. The van der Waals surface area contributed by atoms with E-state index in [2.05, 4.69) is 20.4 Å². The number of nitrogens with two attached hydrogens (primary N) is 1. The van der Waals surface area contributed by atoms with E-state index in [9.17, 15) is 18.4 Å². The highest BCUT2D eigenvalue weighted by atomic mass is 19.1. The summed E-state index contributed by atoms with van der Waals surface area (Å²) in [7, 11) is 0. The van der Waals surface area contributed by atoms with Crippen LogP contribution in [0.15, 0.2) is 53.5 Å². The van der Waals surface area contributed by atoms with E-state index in [1.165, 1.54) is 12.1 Å². The number of benzene rings is 2. The van der Waals surface area contributed by atoms with Crippen molar-refractivity contribution in [2.45, 2.75) is 38.8 Å². The molecule has 9 nitrogen and oxygen atoms in total. The summed E-state index contributed by atoms with van der Waals surface area (Å²) in [6.07, 6.45) is 2.71. The Morgan fingerprint density at radius 3 is 2.46 bits per heavy atom. The van der Waals surface area contributed by atoms with Crippen LogP contribution in [0.5, 0.6) is 0 Å². The fourth-order valence-corrected chi connectivity index (χ4v) is 4.55. The molecule has 4 aromatic rings. The van der Waals surface area contributed by atoms with Gasteiger partial charge in [-0.1, -0.05) is 6.07 Å². The summed E-state index contributed by atoms with van der Waals surface area (Å²) in [6, 6.07) is 9.18. The molecule has 1 aliphatic rings. The van der Waals surface area contributed by atoms with E-state index in [-0.39, 0.29) is 11.7 Å². The van der Waals surface area contributed by atoms with Gasteiger partial charge in [-0.15, -0.1) is 0 Å². The summed E-state index contributed by atoms with van der Waals surface area (Å²) >= 11 is 0. The number of carbonyl (C=O) groups is 1. The van der Waals surface area contributed by atoms with Crippen LogP contribution in [0.4, 0.5) is 20.2 Å². The average molecular weight is 508 g/mol. The van der Waals surface area contributed by atoms with Gasteiger partial charge in [0.05, 0.1) is 16.9 Å². The minimum atomic E-state index is -0.971. The van der Waals surface area contributed by atoms with Crippen LogP contribution < -0.4 is 21.5 Å². The lowest BCUT2D eigenvalue weighted by atomic mass is 10.0. The lowest BCUT2D eigenvalue weighted by molar-refractivity contribution is 0.102. The van der Waals surface area contributed by atoms with Crippen LogP contribution in [0.3, 0.4) is 0 Å². The van der Waals surface area contributed by atoms with E-state index >= 15 is 0 Å². The molecule has 0 saturated carbocycles. The summed E-state index contributed by atoms with van der Waals surface area (Å²) in [6.45, 7) is 7.31. The normalized spacial score (nSPS) is 17.6. The minimum absolute atomic E-state index is 0.140. The summed E-state index contributed by atoms with van der Waals surface area (Å²) in [5.74, 6) is -2.58. The Hall–Kier alpha value is -4.12. The van der Waals surface area contributed by atoms with E-state index in [1.807, 2.05) is 37.7 Å². The van der Waals surface area contributed by atoms with Crippen LogP contribution in [0.1, 0.15) is 43.7 Å². The van der Waals surface area contributed by atoms with Crippen molar-refractivity contribution in [1.82, 2.24) is 19.6 Å². The minimum Gasteiger partial charge on any atom is -0.367 e. The van der Waals surface area contributed by atoms with Gasteiger partial charge in [0.15, 0.2) is 11.6 Å². The molecule has 3 N–H and O–H groups in total. The van der Waals surface area contributed by atoms with Gasteiger partial charge in [-0.05, 0) is 57.5 Å². The van der Waals surface area contributed by atoms with Crippen molar-refractivity contribution < 1.29 is 13.6 Å². The highest BCUT2D eigenvalue weighted by molar-refractivity contribution is 6.08. The molecule has 0 bridgehead atoms. The zero-order chi connectivity index (χ0) is 26.5. The van der Waals surface area contributed by atoms with Gasteiger partial charge < -0.3 is 16.0 Å². The zero-order valence-corrected chi connectivity index (χ0v) is 20.7. The van der Waals surface area contributed by atoms with Crippen LogP contribution >= 0.6 is 0 Å². The Morgan fingerprint density at radius 1 is 1.08 bits per heavy atom. The molecule has 2 aromatic carbocycles. The maximum absolute atomic E-state index is 14.3. The number of fused-ring (bicyclic) bond motifs is 1. The van der Waals surface area contributed by atoms with Gasteiger partial charge in [0.25, 0.3) is 11.5 Å². The SMILES string of the molecule is CC(C)n1cc2c(N3CCC(C)(N)C3)c(NC(=O)c3ccc(=O)n(-c4c(F)cccc4F)n3)ccc2n1. The van der Waals surface area contributed by atoms with Gasteiger partial charge in [-0.25, -0.2) is 8.78 Å². The van der Waals surface area contributed by atoms with Crippen LogP contribution in [-0.2, 0) is 0 Å². The molecule has 37 heavy (non-hydrogen) atoms. The Labute approximate surface area is 211 Å². The van der Waals surface area contributed by atoms with Crippen LogP contribution in [0, 0.1) is 11.6 Å². The smallest absolute Gasteiger partial charge is 0.276 e. The second-order valence-electron chi connectivity index (χ2n) is 9.92. The maximum Gasteiger partial charge on any atom is 0.276 e. The first-order valence-electron chi connectivity index (χ1n) is 12.0. The van der Waals surface area contributed by atoms with Gasteiger partial charge in [0, 0.05) is 42.3 Å². The van der Waals surface area contributed by atoms with Crippen molar-refractivity contribution in [2.75, 3.05) is 23.3 Å². The molecular weight excluding hydrogens is 480 g/mol. The first kappa shape index (κ1) is 24.6. The fourth-order valence-electron chi connectivity index (χ4n) is 4.55. The maximum atomic E-state index is 14.3. The molecule has 11 heteroatoms. The average Bonchev–Trinajstić information content (AvgIpc) is 3.43. The van der Waals surface area contributed by atoms with E-state index in [0.717, 1.165) is 41.2 Å². The van der Waals surface area contributed by atoms with Gasteiger partial charge in [0.1, 0.15) is 11.4 Å². The topological polar surface area (TPSA) is 111 Å². The van der Waals surface area contributed by atoms with Gasteiger partial charge in [-0.3, -0.25) is 14.3 Å². The van der Waals surface area contributed by atoms with Crippen LogP contribution in [0.25, 0.3) is 16.6 Å². The second-order valence-corrected chi connectivity index (χ2v) is 9.92. The number of aromatic nitrogens is 4. The molecular formula is C26H27F2N7O2. The molecule has 2 aromatic heterocycles. The molecule has 1 atom stereocenters. The third-order valence-electron chi connectivity index (χ3n) is 6.46. The number of hydrogen-bond acceptors (Lipinski definition) is 6.